The molecule has 34 heavy (non-hydrogen) atoms. The normalized spacial score (nSPS) is 22.6. The van der Waals surface area contributed by atoms with Gasteiger partial charge in [0.2, 0.25) is 0 Å². The molecule has 3 rings (SSSR count). The molecule has 1 aliphatic rings. The zero-order chi connectivity index (χ0) is 25.6. The summed E-state index contributed by atoms with van der Waals surface area (Å²) in [6.07, 6.45) is -10.9. The van der Waals surface area contributed by atoms with Crippen LogP contribution in [0, 0.1) is 5.82 Å². The highest BCUT2D eigenvalue weighted by molar-refractivity contribution is 7.91. The molecule has 0 bridgehead atoms. The first kappa shape index (κ1) is 26.4. The van der Waals surface area contributed by atoms with Crippen molar-refractivity contribution in [2.75, 3.05) is 5.75 Å². The molecular formula is C22H22F7NO3S. The third-order valence-electron chi connectivity index (χ3n) is 6.36. The van der Waals surface area contributed by atoms with Gasteiger partial charge in [-0.1, -0.05) is 24.3 Å². The van der Waals surface area contributed by atoms with Gasteiger partial charge in [0.25, 0.3) is 5.60 Å². The van der Waals surface area contributed by atoms with Crippen LogP contribution >= 0.6 is 0 Å². The van der Waals surface area contributed by atoms with Crippen LogP contribution in [-0.2, 0) is 20.9 Å². The van der Waals surface area contributed by atoms with Gasteiger partial charge < -0.3 is 10.8 Å². The second-order valence-corrected chi connectivity index (χ2v) is 10.6. The van der Waals surface area contributed by atoms with Crippen LogP contribution < -0.4 is 5.73 Å². The maximum Gasteiger partial charge on any atom is 0.430 e. The summed E-state index contributed by atoms with van der Waals surface area (Å²) in [6.45, 7) is 0. The Kier molecular flexibility index (Phi) is 6.84. The van der Waals surface area contributed by atoms with Crippen molar-refractivity contribution in [1.29, 1.82) is 0 Å². The monoisotopic (exact) mass is 513 g/mol. The molecule has 0 spiro atoms. The molecule has 2 aromatic carbocycles. The number of sulfone groups is 1. The van der Waals surface area contributed by atoms with Crippen LogP contribution in [0.3, 0.4) is 0 Å². The van der Waals surface area contributed by atoms with E-state index in [9.17, 15) is 44.3 Å². The van der Waals surface area contributed by atoms with Crippen LogP contribution in [0.1, 0.15) is 36.8 Å². The van der Waals surface area contributed by atoms with Crippen molar-refractivity contribution < 1.29 is 44.3 Å². The van der Waals surface area contributed by atoms with Gasteiger partial charge in [-0.05, 0) is 55.5 Å². The molecule has 188 valence electrons. The second-order valence-electron chi connectivity index (χ2n) is 8.61. The van der Waals surface area contributed by atoms with E-state index in [1.807, 2.05) is 0 Å². The van der Waals surface area contributed by atoms with E-state index in [4.69, 9.17) is 5.73 Å². The van der Waals surface area contributed by atoms with Crippen LogP contribution in [0.5, 0.6) is 0 Å². The molecule has 1 aliphatic carbocycles. The van der Waals surface area contributed by atoms with E-state index in [2.05, 4.69) is 0 Å². The highest BCUT2D eigenvalue weighted by atomic mass is 32.2. The molecule has 0 radical (unpaired) electrons. The second kappa shape index (κ2) is 8.80. The predicted molar refractivity (Wildman–Crippen MR) is 109 cm³/mol. The Morgan fingerprint density at radius 2 is 1.35 bits per heavy atom. The molecule has 0 atom stereocenters. The summed E-state index contributed by atoms with van der Waals surface area (Å²) in [5, 5.41) is 9.62. The van der Waals surface area contributed by atoms with E-state index in [0.717, 1.165) is 36.4 Å². The molecule has 4 nitrogen and oxygen atoms in total. The Balaban J connectivity index is 2.04. The number of hydrogen-bond donors (Lipinski definition) is 2. The van der Waals surface area contributed by atoms with Gasteiger partial charge in [-0.15, -0.1) is 0 Å². The third kappa shape index (κ3) is 4.80. The maximum absolute atomic E-state index is 13.2. The van der Waals surface area contributed by atoms with Gasteiger partial charge in [0, 0.05) is 17.0 Å². The molecule has 0 aromatic heterocycles. The van der Waals surface area contributed by atoms with Crippen molar-refractivity contribution in [1.82, 2.24) is 0 Å². The van der Waals surface area contributed by atoms with Gasteiger partial charge in [0.05, 0.1) is 10.6 Å². The number of halogens is 7. The fourth-order valence-electron chi connectivity index (χ4n) is 4.35. The fraction of sp³-hybridized carbons (Fsp3) is 0.455. The van der Waals surface area contributed by atoms with Crippen LogP contribution in [0.2, 0.25) is 0 Å². The molecule has 12 heteroatoms. The van der Waals surface area contributed by atoms with Gasteiger partial charge in [0.15, 0.2) is 9.84 Å². The van der Waals surface area contributed by atoms with Gasteiger partial charge >= 0.3 is 12.4 Å². The molecule has 0 heterocycles. The van der Waals surface area contributed by atoms with Crippen molar-refractivity contribution in [3.63, 3.8) is 0 Å². The minimum Gasteiger partial charge on any atom is -0.369 e. The summed E-state index contributed by atoms with van der Waals surface area (Å²) >= 11 is 0. The smallest absolute Gasteiger partial charge is 0.369 e. The van der Waals surface area contributed by atoms with E-state index in [-0.39, 0.29) is 29.3 Å². The first-order chi connectivity index (χ1) is 15.5. The van der Waals surface area contributed by atoms with E-state index in [1.165, 1.54) is 0 Å². The number of hydrogen-bond acceptors (Lipinski definition) is 4. The fourth-order valence-corrected chi connectivity index (χ4v) is 6.25. The number of rotatable bonds is 5. The van der Waals surface area contributed by atoms with Crippen LogP contribution in [0.15, 0.2) is 53.4 Å². The SMILES string of the molecule is NC1CCC(CS(=O)(=O)c2ccc(F)cc2)(c2ccc(C(O)(C(F)(F)F)C(F)(F)F)cc2)CC1. The maximum atomic E-state index is 13.2. The molecule has 0 unspecified atom stereocenters. The lowest BCUT2D eigenvalue weighted by Gasteiger charge is -2.40. The minimum absolute atomic E-state index is 0.164. The number of benzene rings is 2. The van der Waals surface area contributed by atoms with Gasteiger partial charge in [-0.2, -0.15) is 26.3 Å². The molecule has 0 saturated heterocycles. The molecule has 2 aromatic rings. The zero-order valence-corrected chi connectivity index (χ0v) is 18.4. The van der Waals surface area contributed by atoms with Gasteiger partial charge in [-0.25, -0.2) is 12.8 Å². The summed E-state index contributed by atoms with van der Waals surface area (Å²) in [5.74, 6) is -1.14. The summed E-state index contributed by atoms with van der Waals surface area (Å²) in [5.41, 5.74) is -1.52. The summed E-state index contributed by atoms with van der Waals surface area (Å²) in [6, 6.07) is 6.87. The number of nitrogens with two attached hydrogens (primary N) is 1. The van der Waals surface area contributed by atoms with Crippen LogP contribution in [0.25, 0.3) is 0 Å². The first-order valence-corrected chi connectivity index (χ1v) is 11.9. The van der Waals surface area contributed by atoms with Crippen molar-refractivity contribution in [2.24, 2.45) is 5.73 Å². The Hall–Kier alpha value is -2.18. The third-order valence-corrected chi connectivity index (χ3v) is 8.28. The highest BCUT2D eigenvalue weighted by Gasteiger charge is 2.71. The quantitative estimate of drug-likeness (QED) is 0.447. The lowest BCUT2D eigenvalue weighted by molar-refractivity contribution is -0.376. The molecule has 3 N–H and O–H groups in total. The van der Waals surface area contributed by atoms with E-state index in [1.54, 1.807) is 0 Å². The van der Waals surface area contributed by atoms with Crippen molar-refractivity contribution >= 4 is 9.84 Å². The number of aliphatic hydroxyl groups is 1. The zero-order valence-electron chi connectivity index (χ0n) is 17.6. The van der Waals surface area contributed by atoms with E-state index >= 15 is 0 Å². The summed E-state index contributed by atoms with van der Waals surface area (Å²) < 4.78 is 119. The summed E-state index contributed by atoms with van der Waals surface area (Å²) in [7, 11) is -4.00. The molecule has 1 fully saturated rings. The predicted octanol–water partition coefficient (Wildman–Crippen LogP) is 4.75. The molecule has 0 amide bonds. The van der Waals surface area contributed by atoms with E-state index in [0.29, 0.717) is 25.0 Å². The first-order valence-electron chi connectivity index (χ1n) is 10.2. The Morgan fingerprint density at radius 3 is 1.79 bits per heavy atom. The topological polar surface area (TPSA) is 80.4 Å². The molecular weight excluding hydrogens is 491 g/mol. The van der Waals surface area contributed by atoms with Gasteiger partial charge in [-0.3, -0.25) is 0 Å². The van der Waals surface area contributed by atoms with Gasteiger partial charge in [0.1, 0.15) is 5.82 Å². The lowest BCUT2D eigenvalue weighted by Crippen LogP contribution is -2.54. The van der Waals surface area contributed by atoms with Crippen LogP contribution in [-0.4, -0.2) is 37.7 Å². The van der Waals surface area contributed by atoms with E-state index < -0.39 is 50.3 Å². The Labute approximate surface area is 191 Å². The summed E-state index contributed by atoms with van der Waals surface area (Å²) in [4.78, 5) is -0.164. The largest absolute Gasteiger partial charge is 0.430 e. The molecule has 1 saturated carbocycles. The highest BCUT2D eigenvalue weighted by Crippen LogP contribution is 2.50. The Bertz CT molecular complexity index is 1090. The van der Waals surface area contributed by atoms with Crippen molar-refractivity contribution in [2.45, 2.75) is 60.0 Å². The lowest BCUT2D eigenvalue weighted by atomic mass is 9.69. The van der Waals surface area contributed by atoms with Crippen molar-refractivity contribution in [3.8, 4) is 0 Å². The average molecular weight is 513 g/mol. The number of alkyl halides is 6. The average Bonchev–Trinajstić information content (AvgIpc) is 2.73. The Morgan fingerprint density at radius 1 is 0.882 bits per heavy atom. The standard InChI is InChI=1S/C22H22F7NO3S/c23-16-5-7-18(8-6-16)34(32,33)13-19(11-9-17(30)10-12-19)14-1-3-15(4-2-14)20(31,21(24,25)26)22(27,28)29/h1-8,17,31H,9-13,30H2. The van der Waals surface area contributed by atoms with Crippen LogP contribution in [0.4, 0.5) is 30.7 Å². The van der Waals surface area contributed by atoms with Crippen molar-refractivity contribution in [3.05, 3.63) is 65.5 Å². The molecule has 0 aliphatic heterocycles. The minimum atomic E-state index is -6.03.